The van der Waals surface area contributed by atoms with Crippen molar-refractivity contribution >= 4 is 18.3 Å². The van der Waals surface area contributed by atoms with Gasteiger partial charge in [0.25, 0.3) is 0 Å². The zero-order chi connectivity index (χ0) is 11.3. The Kier molecular flexibility index (Phi) is 7.77. The van der Waals surface area contributed by atoms with E-state index in [1.807, 2.05) is 6.92 Å². The van der Waals surface area contributed by atoms with Crippen molar-refractivity contribution < 1.29 is 4.79 Å². The second kappa shape index (κ2) is 7.91. The minimum Gasteiger partial charge on any atom is -0.353 e. The molecular weight excluding hydrogens is 224 g/mol. The third kappa shape index (κ3) is 4.71. The number of rotatable bonds is 4. The van der Waals surface area contributed by atoms with Gasteiger partial charge < -0.3 is 10.6 Å². The Labute approximate surface area is 105 Å². The van der Waals surface area contributed by atoms with Crippen LogP contribution in [0.5, 0.6) is 0 Å². The Hall–Kier alpha value is -0.280. The van der Waals surface area contributed by atoms with E-state index in [4.69, 9.17) is 0 Å². The zero-order valence-corrected chi connectivity index (χ0v) is 11.4. The van der Waals surface area contributed by atoms with Crippen LogP contribution in [0.15, 0.2) is 0 Å². The molecular formula is C12H25ClN2O. The van der Waals surface area contributed by atoms with Gasteiger partial charge in [-0.15, -0.1) is 12.4 Å². The van der Waals surface area contributed by atoms with Crippen LogP contribution in [0.1, 0.15) is 40.0 Å². The molecule has 0 bridgehead atoms. The van der Waals surface area contributed by atoms with Crippen molar-refractivity contribution in [3.8, 4) is 0 Å². The van der Waals surface area contributed by atoms with Crippen molar-refractivity contribution in [1.82, 2.24) is 10.6 Å². The summed E-state index contributed by atoms with van der Waals surface area (Å²) >= 11 is 0. The number of halogens is 1. The molecule has 0 radical (unpaired) electrons. The summed E-state index contributed by atoms with van der Waals surface area (Å²) in [4.78, 5) is 11.8. The van der Waals surface area contributed by atoms with E-state index in [0.717, 1.165) is 32.4 Å². The fourth-order valence-electron chi connectivity index (χ4n) is 2.12. The molecule has 1 fully saturated rings. The molecule has 3 unspecified atom stereocenters. The van der Waals surface area contributed by atoms with Crippen LogP contribution in [0.2, 0.25) is 0 Å². The average Bonchev–Trinajstić information content (AvgIpc) is 2.21. The van der Waals surface area contributed by atoms with E-state index in [0.29, 0.717) is 12.0 Å². The summed E-state index contributed by atoms with van der Waals surface area (Å²) in [6.07, 6.45) is 3.13. The van der Waals surface area contributed by atoms with Crippen molar-refractivity contribution in [3.63, 3.8) is 0 Å². The van der Waals surface area contributed by atoms with Crippen molar-refractivity contribution in [1.29, 1.82) is 0 Å². The van der Waals surface area contributed by atoms with Gasteiger partial charge in [-0.25, -0.2) is 0 Å². The largest absolute Gasteiger partial charge is 0.353 e. The van der Waals surface area contributed by atoms with Crippen LogP contribution < -0.4 is 10.6 Å². The number of piperidine rings is 1. The number of carbonyl (C=O) groups excluding carboxylic acids is 1. The van der Waals surface area contributed by atoms with Crippen LogP contribution in [0.4, 0.5) is 0 Å². The van der Waals surface area contributed by atoms with Gasteiger partial charge in [-0.2, -0.15) is 0 Å². The van der Waals surface area contributed by atoms with E-state index in [2.05, 4.69) is 24.5 Å². The minimum absolute atomic E-state index is 0. The molecule has 1 saturated heterocycles. The fourth-order valence-corrected chi connectivity index (χ4v) is 2.12. The van der Waals surface area contributed by atoms with Crippen molar-refractivity contribution in [2.45, 2.75) is 46.1 Å². The lowest BCUT2D eigenvalue weighted by Gasteiger charge is -2.31. The molecule has 1 heterocycles. The van der Waals surface area contributed by atoms with E-state index < -0.39 is 0 Å². The summed E-state index contributed by atoms with van der Waals surface area (Å²) in [6.45, 7) is 8.38. The SMILES string of the molecule is CCCC(C)C(=O)NC1CCNCC1C.Cl. The maximum Gasteiger partial charge on any atom is 0.223 e. The topological polar surface area (TPSA) is 41.1 Å². The number of amides is 1. The van der Waals surface area contributed by atoms with Gasteiger partial charge in [0.05, 0.1) is 0 Å². The van der Waals surface area contributed by atoms with E-state index in [-0.39, 0.29) is 24.2 Å². The van der Waals surface area contributed by atoms with E-state index in [1.54, 1.807) is 0 Å². The van der Waals surface area contributed by atoms with Crippen LogP contribution in [0.3, 0.4) is 0 Å². The van der Waals surface area contributed by atoms with Gasteiger partial charge in [-0.05, 0) is 31.8 Å². The quantitative estimate of drug-likeness (QED) is 0.799. The molecule has 16 heavy (non-hydrogen) atoms. The fraction of sp³-hybridized carbons (Fsp3) is 0.917. The van der Waals surface area contributed by atoms with Crippen LogP contribution in [0, 0.1) is 11.8 Å². The maximum atomic E-state index is 11.8. The summed E-state index contributed by atoms with van der Waals surface area (Å²) in [5, 5.41) is 6.52. The van der Waals surface area contributed by atoms with Crippen molar-refractivity contribution in [2.75, 3.05) is 13.1 Å². The molecule has 96 valence electrons. The third-order valence-corrected chi connectivity index (χ3v) is 3.28. The standard InChI is InChI=1S/C12H24N2O.ClH/c1-4-5-9(2)12(15)14-11-6-7-13-8-10(11)3;/h9-11,13H,4-8H2,1-3H3,(H,14,15);1H. The van der Waals surface area contributed by atoms with E-state index in [9.17, 15) is 4.79 Å². The second-order valence-corrected chi connectivity index (χ2v) is 4.77. The molecule has 1 aliphatic heterocycles. The lowest BCUT2D eigenvalue weighted by molar-refractivity contribution is -0.125. The molecule has 4 heteroatoms. The highest BCUT2D eigenvalue weighted by Crippen LogP contribution is 2.12. The first-order valence-electron chi connectivity index (χ1n) is 6.16. The minimum atomic E-state index is 0. The van der Waals surface area contributed by atoms with Crippen molar-refractivity contribution in [2.24, 2.45) is 11.8 Å². The van der Waals surface area contributed by atoms with Gasteiger partial charge in [-0.1, -0.05) is 27.2 Å². The molecule has 0 aliphatic carbocycles. The number of nitrogens with one attached hydrogen (secondary N) is 2. The van der Waals surface area contributed by atoms with Gasteiger partial charge in [0.2, 0.25) is 5.91 Å². The Bertz CT molecular complexity index is 211. The lowest BCUT2D eigenvalue weighted by Crippen LogP contribution is -2.49. The van der Waals surface area contributed by atoms with Crippen LogP contribution in [0.25, 0.3) is 0 Å². The van der Waals surface area contributed by atoms with E-state index >= 15 is 0 Å². The first kappa shape index (κ1) is 15.7. The van der Waals surface area contributed by atoms with Gasteiger partial charge in [0.1, 0.15) is 0 Å². The summed E-state index contributed by atoms with van der Waals surface area (Å²) in [5.74, 6) is 0.948. The summed E-state index contributed by atoms with van der Waals surface area (Å²) < 4.78 is 0. The first-order chi connectivity index (χ1) is 7.15. The monoisotopic (exact) mass is 248 g/mol. The van der Waals surface area contributed by atoms with Crippen molar-refractivity contribution in [3.05, 3.63) is 0 Å². The molecule has 1 rings (SSSR count). The summed E-state index contributed by atoms with van der Waals surface area (Å²) in [7, 11) is 0. The number of carbonyl (C=O) groups is 1. The Morgan fingerprint density at radius 3 is 2.81 bits per heavy atom. The first-order valence-corrected chi connectivity index (χ1v) is 6.16. The molecule has 0 aromatic heterocycles. The predicted octanol–water partition coefficient (Wildman–Crippen LogP) is 1.96. The van der Waals surface area contributed by atoms with Crippen LogP contribution >= 0.6 is 12.4 Å². The molecule has 0 aromatic rings. The molecule has 0 aromatic carbocycles. The number of hydrogen-bond donors (Lipinski definition) is 2. The van der Waals surface area contributed by atoms with E-state index in [1.165, 1.54) is 0 Å². The summed E-state index contributed by atoms with van der Waals surface area (Å²) in [5.41, 5.74) is 0. The molecule has 2 N–H and O–H groups in total. The average molecular weight is 249 g/mol. The Balaban J connectivity index is 0.00000225. The van der Waals surface area contributed by atoms with Gasteiger partial charge in [0.15, 0.2) is 0 Å². The third-order valence-electron chi connectivity index (χ3n) is 3.28. The molecule has 0 spiro atoms. The van der Waals surface area contributed by atoms with Crippen LogP contribution in [-0.2, 0) is 4.79 Å². The molecule has 1 amide bonds. The molecule has 3 atom stereocenters. The molecule has 1 aliphatic rings. The van der Waals surface area contributed by atoms with Crippen LogP contribution in [-0.4, -0.2) is 25.0 Å². The second-order valence-electron chi connectivity index (χ2n) is 4.77. The zero-order valence-electron chi connectivity index (χ0n) is 10.6. The Morgan fingerprint density at radius 1 is 1.56 bits per heavy atom. The maximum absolute atomic E-state index is 11.8. The highest BCUT2D eigenvalue weighted by molar-refractivity contribution is 5.85. The smallest absolute Gasteiger partial charge is 0.223 e. The predicted molar refractivity (Wildman–Crippen MR) is 69.9 cm³/mol. The lowest BCUT2D eigenvalue weighted by atomic mass is 9.94. The van der Waals surface area contributed by atoms with Gasteiger partial charge >= 0.3 is 0 Å². The van der Waals surface area contributed by atoms with Gasteiger partial charge in [0, 0.05) is 12.0 Å². The number of hydrogen-bond acceptors (Lipinski definition) is 2. The molecule has 3 nitrogen and oxygen atoms in total. The Morgan fingerprint density at radius 2 is 2.25 bits per heavy atom. The normalized spacial score (nSPS) is 26.7. The highest BCUT2D eigenvalue weighted by Gasteiger charge is 2.24. The molecule has 0 saturated carbocycles. The van der Waals surface area contributed by atoms with Gasteiger partial charge in [-0.3, -0.25) is 4.79 Å². The highest BCUT2D eigenvalue weighted by atomic mass is 35.5. The summed E-state index contributed by atoms with van der Waals surface area (Å²) in [6, 6.07) is 0.373.